The molecule has 3 rings (SSSR count). The van der Waals surface area contributed by atoms with Crippen LogP contribution in [0, 0.1) is 0 Å². The topological polar surface area (TPSA) is 12.9 Å². The molecule has 0 bridgehead atoms. The van der Waals surface area contributed by atoms with Crippen molar-refractivity contribution in [1.82, 2.24) is 4.98 Å². The Morgan fingerprint density at radius 1 is 0.577 bits per heavy atom. The number of halogens is 6. The molecule has 0 unspecified atom stereocenters. The lowest BCUT2D eigenvalue weighted by Crippen LogP contribution is -2.04. The standard InChI is InChI=1S/C19H11F6N/c20-18(21,22)15-5-1-3-12(9-15)13-7-8-26-17(11-13)14-4-2-6-16(10-14)19(23,24)25/h1-11H. The van der Waals surface area contributed by atoms with Gasteiger partial charge in [0.05, 0.1) is 16.8 Å². The van der Waals surface area contributed by atoms with E-state index in [4.69, 9.17) is 0 Å². The molecule has 134 valence electrons. The van der Waals surface area contributed by atoms with E-state index in [0.717, 1.165) is 24.3 Å². The second-order valence-corrected chi connectivity index (χ2v) is 5.59. The molecular weight excluding hydrogens is 356 g/mol. The summed E-state index contributed by atoms with van der Waals surface area (Å²) in [4.78, 5) is 4.04. The van der Waals surface area contributed by atoms with E-state index >= 15 is 0 Å². The number of hydrogen-bond donors (Lipinski definition) is 0. The smallest absolute Gasteiger partial charge is 0.256 e. The maximum absolute atomic E-state index is 12.9. The molecular formula is C19H11F6N. The minimum absolute atomic E-state index is 0.230. The highest BCUT2D eigenvalue weighted by molar-refractivity contribution is 5.71. The predicted octanol–water partition coefficient (Wildman–Crippen LogP) is 6.45. The number of benzene rings is 2. The van der Waals surface area contributed by atoms with E-state index in [0.29, 0.717) is 11.1 Å². The van der Waals surface area contributed by atoms with E-state index in [1.54, 1.807) is 0 Å². The van der Waals surface area contributed by atoms with E-state index in [-0.39, 0.29) is 11.3 Å². The van der Waals surface area contributed by atoms with Gasteiger partial charge < -0.3 is 0 Å². The van der Waals surface area contributed by atoms with E-state index < -0.39 is 23.5 Å². The number of rotatable bonds is 2. The minimum Gasteiger partial charge on any atom is -0.256 e. The lowest BCUT2D eigenvalue weighted by molar-refractivity contribution is -0.138. The van der Waals surface area contributed by atoms with Crippen LogP contribution in [0.15, 0.2) is 66.9 Å². The van der Waals surface area contributed by atoms with Gasteiger partial charge in [-0.25, -0.2) is 0 Å². The Morgan fingerprint density at radius 2 is 1.08 bits per heavy atom. The lowest BCUT2D eigenvalue weighted by Gasteiger charge is -2.11. The van der Waals surface area contributed by atoms with Gasteiger partial charge in [-0.2, -0.15) is 26.3 Å². The monoisotopic (exact) mass is 367 g/mol. The zero-order chi connectivity index (χ0) is 18.9. The van der Waals surface area contributed by atoms with Crippen LogP contribution >= 0.6 is 0 Å². The van der Waals surface area contributed by atoms with E-state index in [2.05, 4.69) is 4.98 Å². The van der Waals surface area contributed by atoms with E-state index in [9.17, 15) is 26.3 Å². The summed E-state index contributed by atoms with van der Waals surface area (Å²) in [6, 6.07) is 12.3. The Balaban J connectivity index is 2.03. The summed E-state index contributed by atoms with van der Waals surface area (Å²) < 4.78 is 77.2. The number of pyridine rings is 1. The van der Waals surface area contributed by atoms with Gasteiger partial charge in [0, 0.05) is 11.8 Å². The Labute approximate surface area is 144 Å². The third-order valence-corrected chi connectivity index (χ3v) is 3.77. The zero-order valence-electron chi connectivity index (χ0n) is 13.1. The zero-order valence-corrected chi connectivity index (χ0v) is 13.1. The minimum atomic E-state index is -4.49. The molecule has 0 saturated heterocycles. The van der Waals surface area contributed by atoms with Crippen molar-refractivity contribution < 1.29 is 26.3 Å². The highest BCUT2D eigenvalue weighted by Gasteiger charge is 2.31. The summed E-state index contributed by atoms with van der Waals surface area (Å²) in [6.45, 7) is 0. The molecule has 0 aliphatic rings. The van der Waals surface area contributed by atoms with Crippen LogP contribution in [0.5, 0.6) is 0 Å². The predicted molar refractivity (Wildman–Crippen MR) is 85.1 cm³/mol. The second-order valence-electron chi connectivity index (χ2n) is 5.59. The molecule has 0 N–H and O–H groups in total. The van der Waals surface area contributed by atoms with Crippen molar-refractivity contribution in [1.29, 1.82) is 0 Å². The quantitative estimate of drug-likeness (QED) is 0.474. The lowest BCUT2D eigenvalue weighted by atomic mass is 10.0. The molecule has 0 radical (unpaired) electrons. The molecule has 1 nitrogen and oxygen atoms in total. The molecule has 0 saturated carbocycles. The van der Waals surface area contributed by atoms with Gasteiger partial charge in [0.2, 0.25) is 0 Å². The van der Waals surface area contributed by atoms with Gasteiger partial charge in [0.1, 0.15) is 0 Å². The SMILES string of the molecule is FC(F)(F)c1cccc(-c2ccnc(-c3cccc(C(F)(F)F)c3)c2)c1. The van der Waals surface area contributed by atoms with Crippen molar-refractivity contribution >= 4 is 0 Å². The second kappa shape index (κ2) is 6.48. The van der Waals surface area contributed by atoms with Gasteiger partial charge in [-0.1, -0.05) is 24.3 Å². The van der Waals surface area contributed by atoms with Crippen molar-refractivity contribution in [3.63, 3.8) is 0 Å². The Kier molecular flexibility index (Phi) is 4.48. The summed E-state index contributed by atoms with van der Waals surface area (Å²) in [5.41, 5.74) is -0.415. The maximum atomic E-state index is 12.9. The third-order valence-electron chi connectivity index (χ3n) is 3.77. The normalized spacial score (nSPS) is 12.2. The molecule has 2 aromatic carbocycles. The van der Waals surface area contributed by atoms with Crippen LogP contribution in [0.3, 0.4) is 0 Å². The molecule has 1 aromatic heterocycles. The summed E-state index contributed by atoms with van der Waals surface area (Å²) in [7, 11) is 0. The fourth-order valence-electron chi connectivity index (χ4n) is 2.50. The van der Waals surface area contributed by atoms with Crippen LogP contribution in [0.1, 0.15) is 11.1 Å². The van der Waals surface area contributed by atoms with Crippen LogP contribution in [0.25, 0.3) is 22.4 Å². The van der Waals surface area contributed by atoms with Gasteiger partial charge in [-0.05, 0) is 47.5 Å². The van der Waals surface area contributed by atoms with E-state index in [1.165, 1.54) is 42.6 Å². The summed E-state index contributed by atoms with van der Waals surface area (Å²) in [6.07, 6.45) is -7.62. The first-order chi connectivity index (χ1) is 12.1. The Hall–Kier alpha value is -2.83. The van der Waals surface area contributed by atoms with Gasteiger partial charge in [0.25, 0.3) is 0 Å². The van der Waals surface area contributed by atoms with Crippen LogP contribution in [0.4, 0.5) is 26.3 Å². The number of aromatic nitrogens is 1. The third kappa shape index (κ3) is 3.87. The first-order valence-corrected chi connectivity index (χ1v) is 7.46. The molecule has 0 atom stereocenters. The summed E-state index contributed by atoms with van der Waals surface area (Å²) in [5.74, 6) is 0. The van der Waals surface area contributed by atoms with Crippen LogP contribution < -0.4 is 0 Å². The fraction of sp³-hybridized carbons (Fsp3) is 0.105. The molecule has 3 aromatic rings. The van der Waals surface area contributed by atoms with E-state index in [1.807, 2.05) is 0 Å². The maximum Gasteiger partial charge on any atom is 0.416 e. The van der Waals surface area contributed by atoms with Crippen LogP contribution in [-0.4, -0.2) is 4.98 Å². The van der Waals surface area contributed by atoms with Crippen molar-refractivity contribution in [2.24, 2.45) is 0 Å². The van der Waals surface area contributed by atoms with Crippen molar-refractivity contribution in [3.05, 3.63) is 78.0 Å². The summed E-state index contributed by atoms with van der Waals surface area (Å²) >= 11 is 0. The first kappa shape index (κ1) is 18.0. The average Bonchev–Trinajstić information content (AvgIpc) is 2.61. The van der Waals surface area contributed by atoms with Crippen LogP contribution in [-0.2, 0) is 12.4 Å². The first-order valence-electron chi connectivity index (χ1n) is 7.46. The highest BCUT2D eigenvalue weighted by atomic mass is 19.4. The molecule has 0 aliphatic heterocycles. The van der Waals surface area contributed by atoms with Crippen molar-refractivity contribution in [2.75, 3.05) is 0 Å². The van der Waals surface area contributed by atoms with Gasteiger partial charge in [-0.15, -0.1) is 0 Å². The van der Waals surface area contributed by atoms with Gasteiger partial charge in [0.15, 0.2) is 0 Å². The largest absolute Gasteiger partial charge is 0.416 e. The molecule has 1 heterocycles. The molecule has 0 aliphatic carbocycles. The number of alkyl halides is 6. The average molecular weight is 367 g/mol. The van der Waals surface area contributed by atoms with Gasteiger partial charge >= 0.3 is 12.4 Å². The van der Waals surface area contributed by atoms with Gasteiger partial charge in [-0.3, -0.25) is 4.98 Å². The number of hydrogen-bond acceptors (Lipinski definition) is 1. The Bertz CT molecular complexity index is 855. The molecule has 7 heteroatoms. The molecule has 26 heavy (non-hydrogen) atoms. The molecule has 0 amide bonds. The van der Waals surface area contributed by atoms with Crippen molar-refractivity contribution in [2.45, 2.75) is 12.4 Å². The Morgan fingerprint density at radius 3 is 1.65 bits per heavy atom. The fourth-order valence-corrected chi connectivity index (χ4v) is 2.50. The molecule has 0 spiro atoms. The van der Waals surface area contributed by atoms with Crippen LogP contribution in [0.2, 0.25) is 0 Å². The van der Waals surface area contributed by atoms with Crippen molar-refractivity contribution in [3.8, 4) is 22.4 Å². The summed E-state index contributed by atoms with van der Waals surface area (Å²) in [5, 5.41) is 0. The number of nitrogens with zero attached hydrogens (tertiary/aromatic N) is 1. The highest BCUT2D eigenvalue weighted by Crippen LogP contribution is 2.34. The molecule has 0 fully saturated rings.